The molecule has 1 aromatic carbocycles. The van der Waals surface area contributed by atoms with Gasteiger partial charge in [0.2, 0.25) is 0 Å². The predicted octanol–water partition coefficient (Wildman–Crippen LogP) is 2.35. The van der Waals surface area contributed by atoms with Crippen LogP contribution in [0.5, 0.6) is 0 Å². The van der Waals surface area contributed by atoms with Gasteiger partial charge in [-0.05, 0) is 12.1 Å². The molecule has 3 rings (SSSR count). The summed E-state index contributed by atoms with van der Waals surface area (Å²) in [6.45, 7) is 0. The zero-order valence-corrected chi connectivity index (χ0v) is 11.8. The largest absolute Gasteiger partial charge is 0.354 e. The lowest BCUT2D eigenvalue weighted by atomic mass is 10.1. The molecule has 0 spiro atoms. The highest BCUT2D eigenvalue weighted by Crippen LogP contribution is 2.46. The summed E-state index contributed by atoms with van der Waals surface area (Å²) in [7, 11) is -3.27. The number of ketones is 1. The second kappa shape index (κ2) is 4.25. The van der Waals surface area contributed by atoms with E-state index in [-0.39, 0.29) is 5.78 Å². The second-order valence-electron chi connectivity index (χ2n) is 4.43. The van der Waals surface area contributed by atoms with E-state index >= 15 is 0 Å². The molecule has 1 N–H and O–H groups in total. The average Bonchev–Trinajstić information content (AvgIpc) is 2.34. The fourth-order valence-electron chi connectivity index (χ4n) is 2.06. The second-order valence-corrected chi connectivity index (χ2v) is 7.47. The van der Waals surface area contributed by atoms with Gasteiger partial charge in [-0.3, -0.25) is 4.79 Å². The number of hydrogen-bond acceptors (Lipinski definition) is 5. The number of benzene rings is 1. The first-order valence-electron chi connectivity index (χ1n) is 5.68. The van der Waals surface area contributed by atoms with E-state index in [1.54, 1.807) is 18.2 Å². The third-order valence-corrected chi connectivity index (χ3v) is 5.44. The maximum atomic E-state index is 11.8. The number of anilines is 1. The number of nitrogens with one attached hydrogen (secondary N) is 1. The van der Waals surface area contributed by atoms with Gasteiger partial charge in [-0.1, -0.05) is 23.9 Å². The molecule has 98 valence electrons. The van der Waals surface area contributed by atoms with Crippen LogP contribution in [0, 0.1) is 0 Å². The molecule has 0 bridgehead atoms. The number of rotatable bonds is 1. The number of thioether (sulfide) groups is 1. The van der Waals surface area contributed by atoms with E-state index in [2.05, 4.69) is 5.32 Å². The molecule has 0 saturated heterocycles. The summed E-state index contributed by atoms with van der Waals surface area (Å²) >= 11 is 1.40. The van der Waals surface area contributed by atoms with Crippen molar-refractivity contribution in [1.82, 2.24) is 0 Å². The Morgan fingerprint density at radius 1 is 1.32 bits per heavy atom. The molecule has 0 radical (unpaired) electrons. The summed E-state index contributed by atoms with van der Waals surface area (Å²) in [4.78, 5) is 13.3. The molecule has 6 heteroatoms. The van der Waals surface area contributed by atoms with Crippen molar-refractivity contribution in [3.63, 3.8) is 0 Å². The van der Waals surface area contributed by atoms with Gasteiger partial charge in [0.25, 0.3) is 0 Å². The SMILES string of the molecule is CS(=O)(=O)c1cccc2c1SC1=CCC(=O)C=C1N2. The summed E-state index contributed by atoms with van der Waals surface area (Å²) in [5.41, 5.74) is 1.48. The van der Waals surface area contributed by atoms with Crippen LogP contribution in [-0.2, 0) is 14.6 Å². The van der Waals surface area contributed by atoms with Crippen molar-refractivity contribution in [2.75, 3.05) is 11.6 Å². The highest BCUT2D eigenvalue weighted by molar-refractivity contribution is 8.04. The Kier molecular flexibility index (Phi) is 2.79. The highest BCUT2D eigenvalue weighted by atomic mass is 32.2. The van der Waals surface area contributed by atoms with E-state index in [1.807, 2.05) is 12.1 Å². The van der Waals surface area contributed by atoms with E-state index in [0.29, 0.717) is 16.2 Å². The maximum Gasteiger partial charge on any atom is 0.176 e. The summed E-state index contributed by atoms with van der Waals surface area (Å²) in [5, 5.41) is 3.13. The Balaban J connectivity index is 2.16. The van der Waals surface area contributed by atoms with Crippen LogP contribution >= 0.6 is 11.8 Å². The quantitative estimate of drug-likeness (QED) is 0.861. The summed E-state index contributed by atoms with van der Waals surface area (Å²) < 4.78 is 23.6. The first-order chi connectivity index (χ1) is 8.95. The smallest absolute Gasteiger partial charge is 0.176 e. The Bertz CT molecular complexity index is 745. The lowest BCUT2D eigenvalue weighted by Crippen LogP contribution is -2.14. The molecule has 1 aliphatic carbocycles. The molecule has 1 aromatic rings. The standard InChI is InChI=1S/C13H11NO3S2/c1-19(16,17)12-4-2-3-9-13(12)18-11-6-5-8(15)7-10(11)14-9/h2-4,6-7,14H,5H2,1H3. The fraction of sp³-hybridized carbons (Fsp3) is 0.154. The van der Waals surface area contributed by atoms with Crippen molar-refractivity contribution in [1.29, 1.82) is 0 Å². The van der Waals surface area contributed by atoms with Crippen LogP contribution in [0.4, 0.5) is 5.69 Å². The van der Waals surface area contributed by atoms with Crippen LogP contribution in [0.2, 0.25) is 0 Å². The molecule has 0 amide bonds. The van der Waals surface area contributed by atoms with Crippen LogP contribution in [0.15, 0.2) is 50.7 Å². The Morgan fingerprint density at radius 2 is 2.11 bits per heavy atom. The van der Waals surface area contributed by atoms with E-state index in [0.717, 1.165) is 16.3 Å². The molecular formula is C13H11NO3S2. The Morgan fingerprint density at radius 3 is 2.84 bits per heavy atom. The van der Waals surface area contributed by atoms with Gasteiger partial charge in [-0.15, -0.1) is 0 Å². The topological polar surface area (TPSA) is 63.2 Å². The van der Waals surface area contributed by atoms with Gasteiger partial charge in [-0.2, -0.15) is 0 Å². The Labute approximate surface area is 115 Å². The van der Waals surface area contributed by atoms with Gasteiger partial charge in [0.05, 0.1) is 21.2 Å². The predicted molar refractivity (Wildman–Crippen MR) is 74.8 cm³/mol. The molecular weight excluding hydrogens is 282 g/mol. The third kappa shape index (κ3) is 2.21. The van der Waals surface area contributed by atoms with Crippen LogP contribution in [0.1, 0.15) is 6.42 Å². The first-order valence-corrected chi connectivity index (χ1v) is 8.39. The minimum Gasteiger partial charge on any atom is -0.354 e. The molecule has 1 heterocycles. The van der Waals surface area contributed by atoms with E-state index in [9.17, 15) is 13.2 Å². The normalized spacial score (nSPS) is 17.8. The number of allylic oxidation sites excluding steroid dienone is 2. The monoisotopic (exact) mass is 293 g/mol. The molecule has 0 fully saturated rings. The van der Waals surface area contributed by atoms with Gasteiger partial charge < -0.3 is 5.32 Å². The first kappa shape index (κ1) is 12.5. The van der Waals surface area contributed by atoms with Gasteiger partial charge >= 0.3 is 0 Å². The van der Waals surface area contributed by atoms with Crippen LogP contribution in [0.25, 0.3) is 0 Å². The molecule has 4 nitrogen and oxygen atoms in total. The van der Waals surface area contributed by atoms with Crippen molar-refractivity contribution in [3.05, 3.63) is 41.0 Å². The molecule has 0 unspecified atom stereocenters. The van der Waals surface area contributed by atoms with E-state index < -0.39 is 9.84 Å². The highest BCUT2D eigenvalue weighted by Gasteiger charge is 2.26. The van der Waals surface area contributed by atoms with E-state index in [1.165, 1.54) is 18.0 Å². The van der Waals surface area contributed by atoms with Gasteiger partial charge in [0.1, 0.15) is 0 Å². The lowest BCUT2D eigenvalue weighted by molar-refractivity contribution is -0.113. The fourth-order valence-corrected chi connectivity index (χ4v) is 4.41. The van der Waals surface area contributed by atoms with E-state index in [4.69, 9.17) is 0 Å². The van der Waals surface area contributed by atoms with Gasteiger partial charge in [0, 0.05) is 23.7 Å². The number of fused-ring (bicyclic) bond motifs is 2. The van der Waals surface area contributed by atoms with Crippen molar-refractivity contribution in [2.45, 2.75) is 16.2 Å². The molecule has 19 heavy (non-hydrogen) atoms. The molecule has 1 aliphatic heterocycles. The number of carbonyl (C=O) groups excluding carboxylic acids is 1. The van der Waals surface area contributed by atoms with Crippen molar-refractivity contribution < 1.29 is 13.2 Å². The molecule has 0 atom stereocenters. The number of carbonyl (C=O) groups is 1. The lowest BCUT2D eigenvalue weighted by Gasteiger charge is -2.26. The molecule has 2 aliphatic rings. The van der Waals surface area contributed by atoms with Crippen molar-refractivity contribution >= 4 is 33.1 Å². The summed E-state index contributed by atoms with van der Waals surface area (Å²) in [6, 6.07) is 5.11. The van der Waals surface area contributed by atoms with Crippen LogP contribution in [-0.4, -0.2) is 20.5 Å². The summed E-state index contributed by atoms with van der Waals surface area (Å²) in [5.74, 6) is 0.0505. The maximum absolute atomic E-state index is 11.8. The third-order valence-electron chi connectivity index (χ3n) is 2.92. The molecule has 0 saturated carbocycles. The number of hydrogen-bond donors (Lipinski definition) is 1. The van der Waals surface area contributed by atoms with Gasteiger partial charge in [0.15, 0.2) is 15.6 Å². The van der Waals surface area contributed by atoms with Gasteiger partial charge in [-0.25, -0.2) is 8.42 Å². The van der Waals surface area contributed by atoms with Crippen LogP contribution < -0.4 is 5.32 Å². The van der Waals surface area contributed by atoms with Crippen LogP contribution in [0.3, 0.4) is 0 Å². The zero-order valence-electron chi connectivity index (χ0n) is 10.1. The minimum atomic E-state index is -3.27. The Hall–Kier alpha value is -1.53. The average molecular weight is 293 g/mol. The van der Waals surface area contributed by atoms with Crippen molar-refractivity contribution in [3.8, 4) is 0 Å². The van der Waals surface area contributed by atoms with Crippen molar-refractivity contribution in [2.24, 2.45) is 0 Å². The minimum absolute atomic E-state index is 0.0505. The molecule has 0 aromatic heterocycles. The summed E-state index contributed by atoms with van der Waals surface area (Å²) in [6.07, 6.45) is 4.97. The number of sulfone groups is 1. The zero-order chi connectivity index (χ0) is 13.6.